The highest BCUT2D eigenvalue weighted by molar-refractivity contribution is 5.90. The first-order chi connectivity index (χ1) is 14.7. The van der Waals surface area contributed by atoms with Gasteiger partial charge in [0.15, 0.2) is 0 Å². The number of rotatable bonds is 4. The van der Waals surface area contributed by atoms with Crippen molar-refractivity contribution in [1.29, 1.82) is 0 Å². The minimum absolute atomic E-state index is 0.0131. The Labute approximate surface area is 177 Å². The van der Waals surface area contributed by atoms with Gasteiger partial charge >= 0.3 is 6.03 Å². The predicted octanol–water partition coefficient (Wildman–Crippen LogP) is 5.03. The van der Waals surface area contributed by atoms with Crippen LogP contribution in [0.1, 0.15) is 44.5 Å². The zero-order valence-corrected chi connectivity index (χ0v) is 17.6. The Kier molecular flexibility index (Phi) is 5.07. The van der Waals surface area contributed by atoms with E-state index in [1.165, 1.54) is 18.5 Å². The fourth-order valence-electron chi connectivity index (χ4n) is 4.91. The van der Waals surface area contributed by atoms with E-state index in [2.05, 4.69) is 39.9 Å². The summed E-state index contributed by atoms with van der Waals surface area (Å²) in [4.78, 5) is 22.5. The number of benzene rings is 2. The Hall–Kier alpha value is -3.02. The molecule has 2 saturated heterocycles. The second kappa shape index (κ2) is 8.01. The molecule has 0 spiro atoms. The number of nitrogens with zero attached hydrogens (tertiary/aromatic N) is 4. The van der Waals surface area contributed by atoms with Gasteiger partial charge in [0.25, 0.3) is 0 Å². The lowest BCUT2D eigenvalue weighted by molar-refractivity contribution is 0.204. The number of aromatic nitrogens is 2. The Morgan fingerprint density at radius 1 is 1.07 bits per heavy atom. The highest BCUT2D eigenvalue weighted by Gasteiger charge is 2.33. The Balaban J connectivity index is 1.38. The molecule has 2 aliphatic rings. The zero-order valence-electron chi connectivity index (χ0n) is 17.6. The van der Waals surface area contributed by atoms with Gasteiger partial charge in [-0.1, -0.05) is 18.2 Å². The van der Waals surface area contributed by atoms with Gasteiger partial charge in [0.05, 0.1) is 17.1 Å². The van der Waals surface area contributed by atoms with Gasteiger partial charge in [-0.25, -0.2) is 9.78 Å². The third-order valence-corrected chi connectivity index (χ3v) is 6.38. The van der Waals surface area contributed by atoms with Gasteiger partial charge < -0.3 is 19.7 Å². The summed E-state index contributed by atoms with van der Waals surface area (Å²) in [5.74, 6) is 0.997. The molecule has 30 heavy (non-hydrogen) atoms. The van der Waals surface area contributed by atoms with Crippen molar-refractivity contribution in [2.75, 3.05) is 29.9 Å². The van der Waals surface area contributed by atoms with Gasteiger partial charge in [-0.3, -0.25) is 0 Å². The molecule has 2 aliphatic heterocycles. The smallest absolute Gasteiger partial charge is 0.322 e. The van der Waals surface area contributed by atoms with Crippen molar-refractivity contribution in [2.24, 2.45) is 0 Å². The van der Waals surface area contributed by atoms with Gasteiger partial charge in [-0.05, 0) is 62.9 Å². The second-order valence-corrected chi connectivity index (χ2v) is 8.23. The van der Waals surface area contributed by atoms with E-state index in [1.807, 2.05) is 35.2 Å². The summed E-state index contributed by atoms with van der Waals surface area (Å²) in [6.07, 6.45) is 4.43. The van der Waals surface area contributed by atoms with Crippen molar-refractivity contribution >= 4 is 28.4 Å². The van der Waals surface area contributed by atoms with Crippen LogP contribution in [0.15, 0.2) is 48.5 Å². The Morgan fingerprint density at radius 2 is 1.90 bits per heavy atom. The number of hydrogen-bond donors (Lipinski definition) is 1. The molecule has 0 bridgehead atoms. The molecule has 0 aliphatic carbocycles. The van der Waals surface area contributed by atoms with Crippen LogP contribution in [0, 0.1) is 0 Å². The molecule has 1 N–H and O–H groups in total. The number of imidazole rings is 1. The SMILES string of the molecule is CCn1c(C2CCCN2C(=O)Nc2cccc(N3CCCC3)c2)nc2ccccc21. The van der Waals surface area contributed by atoms with Crippen molar-refractivity contribution in [3.05, 3.63) is 54.4 Å². The molecule has 0 radical (unpaired) electrons. The van der Waals surface area contributed by atoms with Gasteiger partial charge in [0.2, 0.25) is 0 Å². The van der Waals surface area contributed by atoms with Crippen LogP contribution in [-0.2, 0) is 6.54 Å². The molecule has 3 heterocycles. The zero-order chi connectivity index (χ0) is 20.5. The molecule has 0 saturated carbocycles. The topological polar surface area (TPSA) is 53.4 Å². The standard InChI is InChI=1S/C24H29N5O/c1-2-28-21-12-4-3-11-20(21)26-23(28)22-13-8-16-29(22)24(30)25-18-9-7-10-19(17-18)27-14-5-6-15-27/h3-4,7,9-12,17,22H,2,5-6,8,13-16H2,1H3,(H,25,30). The monoisotopic (exact) mass is 403 g/mol. The van der Waals surface area contributed by atoms with Gasteiger partial charge in [-0.2, -0.15) is 0 Å². The number of fused-ring (bicyclic) bond motifs is 1. The van der Waals surface area contributed by atoms with E-state index < -0.39 is 0 Å². The molecule has 3 aromatic rings. The van der Waals surface area contributed by atoms with Gasteiger partial charge in [-0.15, -0.1) is 0 Å². The first kappa shape index (κ1) is 19.0. The molecule has 2 aromatic carbocycles. The van der Waals surface area contributed by atoms with E-state index in [1.54, 1.807) is 0 Å². The molecular weight excluding hydrogens is 374 g/mol. The van der Waals surface area contributed by atoms with Crippen LogP contribution < -0.4 is 10.2 Å². The van der Waals surface area contributed by atoms with Gasteiger partial charge in [0.1, 0.15) is 5.82 Å². The van der Waals surface area contributed by atoms with Gasteiger partial charge in [0, 0.05) is 37.6 Å². The normalized spacial score (nSPS) is 19.0. The molecule has 156 valence electrons. The minimum Gasteiger partial charge on any atom is -0.371 e. The molecule has 6 nitrogen and oxygen atoms in total. The number of hydrogen-bond acceptors (Lipinski definition) is 3. The van der Waals surface area contributed by atoms with E-state index in [9.17, 15) is 4.79 Å². The summed E-state index contributed by atoms with van der Waals surface area (Å²) < 4.78 is 2.25. The Bertz CT molecular complexity index is 1050. The first-order valence-electron chi connectivity index (χ1n) is 11.1. The van der Waals surface area contributed by atoms with E-state index >= 15 is 0 Å². The number of aryl methyl sites for hydroxylation is 1. The predicted molar refractivity (Wildman–Crippen MR) is 121 cm³/mol. The van der Waals surface area contributed by atoms with Crippen molar-refractivity contribution in [1.82, 2.24) is 14.5 Å². The number of para-hydroxylation sites is 2. The van der Waals surface area contributed by atoms with E-state index in [0.29, 0.717) is 0 Å². The fraction of sp³-hybridized carbons (Fsp3) is 0.417. The summed E-state index contributed by atoms with van der Waals surface area (Å²) in [7, 11) is 0. The van der Waals surface area contributed by atoms with E-state index in [0.717, 1.165) is 61.6 Å². The quantitative estimate of drug-likeness (QED) is 0.665. The number of carbonyl (C=O) groups is 1. The maximum atomic E-state index is 13.2. The molecule has 1 unspecified atom stereocenters. The molecule has 1 atom stereocenters. The van der Waals surface area contributed by atoms with E-state index in [4.69, 9.17) is 4.98 Å². The van der Waals surface area contributed by atoms with Crippen LogP contribution in [0.4, 0.5) is 16.2 Å². The molecule has 1 aromatic heterocycles. The maximum Gasteiger partial charge on any atom is 0.322 e. The number of likely N-dealkylation sites (tertiary alicyclic amines) is 1. The summed E-state index contributed by atoms with van der Waals surface area (Å²) in [6, 6.07) is 16.4. The third kappa shape index (κ3) is 3.40. The number of urea groups is 1. The maximum absolute atomic E-state index is 13.2. The highest BCUT2D eigenvalue weighted by Crippen LogP contribution is 2.34. The summed E-state index contributed by atoms with van der Waals surface area (Å²) in [5, 5.41) is 3.14. The molecule has 5 rings (SSSR count). The van der Waals surface area contributed by atoms with Crippen LogP contribution in [0.2, 0.25) is 0 Å². The van der Waals surface area contributed by atoms with E-state index in [-0.39, 0.29) is 12.1 Å². The van der Waals surface area contributed by atoms with Crippen LogP contribution in [0.3, 0.4) is 0 Å². The number of anilines is 2. The van der Waals surface area contributed by atoms with Crippen molar-refractivity contribution < 1.29 is 4.79 Å². The van der Waals surface area contributed by atoms with Crippen molar-refractivity contribution in [2.45, 2.75) is 45.2 Å². The molecular formula is C24H29N5O. The van der Waals surface area contributed by atoms with Crippen LogP contribution in [-0.4, -0.2) is 40.1 Å². The minimum atomic E-state index is -0.0363. The van der Waals surface area contributed by atoms with Crippen LogP contribution >= 0.6 is 0 Å². The summed E-state index contributed by atoms with van der Waals surface area (Å²) in [5.41, 5.74) is 4.19. The molecule has 6 heteroatoms. The lowest BCUT2D eigenvalue weighted by Crippen LogP contribution is -2.35. The van der Waals surface area contributed by atoms with Crippen LogP contribution in [0.5, 0.6) is 0 Å². The third-order valence-electron chi connectivity index (χ3n) is 6.38. The largest absolute Gasteiger partial charge is 0.371 e. The Morgan fingerprint density at radius 3 is 2.73 bits per heavy atom. The fourth-order valence-corrected chi connectivity index (χ4v) is 4.91. The second-order valence-electron chi connectivity index (χ2n) is 8.23. The average molecular weight is 404 g/mol. The van der Waals surface area contributed by atoms with Crippen molar-refractivity contribution in [3.63, 3.8) is 0 Å². The molecule has 2 fully saturated rings. The number of nitrogens with one attached hydrogen (secondary N) is 1. The number of carbonyl (C=O) groups excluding carboxylic acids is 1. The first-order valence-corrected chi connectivity index (χ1v) is 11.1. The number of amides is 2. The lowest BCUT2D eigenvalue weighted by Gasteiger charge is -2.25. The van der Waals surface area contributed by atoms with Crippen LogP contribution in [0.25, 0.3) is 11.0 Å². The average Bonchev–Trinajstić information content (AvgIpc) is 3.52. The highest BCUT2D eigenvalue weighted by atomic mass is 16.2. The summed E-state index contributed by atoms with van der Waals surface area (Å²) in [6.45, 7) is 5.94. The lowest BCUT2D eigenvalue weighted by atomic mass is 10.2. The molecule has 2 amide bonds. The summed E-state index contributed by atoms with van der Waals surface area (Å²) >= 11 is 0. The van der Waals surface area contributed by atoms with Crippen molar-refractivity contribution in [3.8, 4) is 0 Å².